The summed E-state index contributed by atoms with van der Waals surface area (Å²) in [6.07, 6.45) is 0. The summed E-state index contributed by atoms with van der Waals surface area (Å²) in [4.78, 5) is 13.2. The van der Waals surface area contributed by atoms with Crippen LogP contribution < -0.4 is 11.1 Å². The van der Waals surface area contributed by atoms with Crippen LogP contribution in [0, 0.1) is 17.1 Å². The Morgan fingerprint density at radius 1 is 1.61 bits per heavy atom. The van der Waals surface area contributed by atoms with Gasteiger partial charge in [0.2, 0.25) is 0 Å². The molecule has 0 aliphatic carbocycles. The maximum absolute atomic E-state index is 12.9. The van der Waals surface area contributed by atoms with E-state index in [9.17, 15) is 9.18 Å². The lowest BCUT2D eigenvalue weighted by molar-refractivity contribution is 0.220. The number of amidine groups is 1. The van der Waals surface area contributed by atoms with Gasteiger partial charge in [0.05, 0.1) is 5.84 Å². The Hall–Kier alpha value is -2.11. The summed E-state index contributed by atoms with van der Waals surface area (Å²) in [5, 5.41) is 9.82. The van der Waals surface area contributed by atoms with Crippen LogP contribution >= 0.6 is 0 Å². The molecule has 1 rings (SSSR count). The van der Waals surface area contributed by atoms with E-state index in [1.807, 2.05) is 0 Å². The Morgan fingerprint density at radius 2 is 2.28 bits per heavy atom. The Labute approximate surface area is 105 Å². The first-order valence-electron chi connectivity index (χ1n) is 5.51. The summed E-state index contributed by atoms with van der Waals surface area (Å²) >= 11 is 0. The van der Waals surface area contributed by atoms with Crippen molar-refractivity contribution < 1.29 is 9.18 Å². The van der Waals surface area contributed by atoms with E-state index >= 15 is 0 Å². The maximum Gasteiger partial charge on any atom is 0.321 e. The van der Waals surface area contributed by atoms with Gasteiger partial charge in [-0.3, -0.25) is 5.41 Å². The standard InChI is InChI=1S/C12H17FN4O/c1-8(11(14)15)7-17(2)12(18)16-10-5-3-4-9(13)6-10/h3-6,8H,7H2,1-2H3,(H3,14,15)(H,16,18). The Kier molecular flexibility index (Phi) is 4.65. The number of hydrogen-bond acceptors (Lipinski definition) is 2. The maximum atomic E-state index is 12.9. The van der Waals surface area contributed by atoms with E-state index in [0.717, 1.165) is 0 Å². The summed E-state index contributed by atoms with van der Waals surface area (Å²) in [6, 6.07) is 5.29. The number of hydrogen-bond donors (Lipinski definition) is 3. The molecule has 0 saturated carbocycles. The van der Waals surface area contributed by atoms with Crippen LogP contribution in [-0.2, 0) is 0 Å². The molecule has 1 aromatic carbocycles. The van der Waals surface area contributed by atoms with Gasteiger partial charge in [0.15, 0.2) is 0 Å². The molecule has 1 aromatic rings. The van der Waals surface area contributed by atoms with Crippen molar-refractivity contribution in [2.45, 2.75) is 6.92 Å². The number of benzene rings is 1. The van der Waals surface area contributed by atoms with Gasteiger partial charge in [-0.2, -0.15) is 0 Å². The van der Waals surface area contributed by atoms with E-state index in [1.165, 1.54) is 23.1 Å². The zero-order chi connectivity index (χ0) is 13.7. The van der Waals surface area contributed by atoms with E-state index in [2.05, 4.69) is 5.32 Å². The zero-order valence-electron chi connectivity index (χ0n) is 10.4. The van der Waals surface area contributed by atoms with E-state index in [4.69, 9.17) is 11.1 Å². The lowest BCUT2D eigenvalue weighted by atomic mass is 10.1. The SMILES string of the molecule is CC(CN(C)C(=O)Nc1cccc(F)c1)C(=N)N. The fraction of sp³-hybridized carbons (Fsp3) is 0.333. The van der Waals surface area contributed by atoms with Crippen molar-refractivity contribution in [2.24, 2.45) is 11.7 Å². The highest BCUT2D eigenvalue weighted by atomic mass is 19.1. The molecule has 0 spiro atoms. The van der Waals surface area contributed by atoms with E-state index in [0.29, 0.717) is 12.2 Å². The second kappa shape index (κ2) is 6.00. The molecular weight excluding hydrogens is 235 g/mol. The van der Waals surface area contributed by atoms with E-state index in [-0.39, 0.29) is 17.8 Å². The number of urea groups is 1. The number of carbonyl (C=O) groups excluding carboxylic acids is 1. The molecule has 0 radical (unpaired) electrons. The van der Waals surface area contributed by atoms with Crippen molar-refractivity contribution in [1.29, 1.82) is 5.41 Å². The molecule has 0 bridgehead atoms. The second-order valence-corrected chi connectivity index (χ2v) is 4.18. The van der Waals surface area contributed by atoms with Crippen LogP contribution in [0.25, 0.3) is 0 Å². The molecule has 0 fully saturated rings. The first kappa shape index (κ1) is 14.0. The van der Waals surface area contributed by atoms with Crippen LogP contribution in [0.3, 0.4) is 0 Å². The summed E-state index contributed by atoms with van der Waals surface area (Å²) < 4.78 is 12.9. The molecule has 0 saturated heterocycles. The van der Waals surface area contributed by atoms with Gasteiger partial charge in [0, 0.05) is 25.2 Å². The minimum absolute atomic E-state index is 0.0282. The van der Waals surface area contributed by atoms with Crippen LogP contribution in [0.2, 0.25) is 0 Å². The van der Waals surface area contributed by atoms with Crippen LogP contribution in [0.15, 0.2) is 24.3 Å². The molecule has 6 heteroatoms. The minimum atomic E-state index is -0.410. The molecule has 0 aromatic heterocycles. The van der Waals surface area contributed by atoms with Crippen molar-refractivity contribution >= 4 is 17.6 Å². The molecule has 2 amide bonds. The van der Waals surface area contributed by atoms with Crippen LogP contribution in [0.1, 0.15) is 6.92 Å². The summed E-state index contributed by atoms with van der Waals surface area (Å²) in [6.45, 7) is 2.09. The van der Waals surface area contributed by atoms with Crippen molar-refractivity contribution in [1.82, 2.24) is 4.90 Å². The van der Waals surface area contributed by atoms with E-state index in [1.54, 1.807) is 20.0 Å². The van der Waals surface area contributed by atoms with Crippen molar-refractivity contribution in [2.75, 3.05) is 18.9 Å². The first-order valence-corrected chi connectivity index (χ1v) is 5.51. The van der Waals surface area contributed by atoms with Crippen molar-refractivity contribution in [3.63, 3.8) is 0 Å². The fourth-order valence-corrected chi connectivity index (χ4v) is 1.38. The highest BCUT2D eigenvalue weighted by Crippen LogP contribution is 2.10. The van der Waals surface area contributed by atoms with Gasteiger partial charge in [0.25, 0.3) is 0 Å². The third-order valence-corrected chi connectivity index (χ3v) is 2.50. The number of halogens is 1. The van der Waals surface area contributed by atoms with Gasteiger partial charge in [-0.25, -0.2) is 9.18 Å². The highest BCUT2D eigenvalue weighted by molar-refractivity contribution is 5.89. The Bertz CT molecular complexity index is 449. The van der Waals surface area contributed by atoms with Gasteiger partial charge >= 0.3 is 6.03 Å². The zero-order valence-corrected chi connectivity index (χ0v) is 10.4. The summed E-state index contributed by atoms with van der Waals surface area (Å²) in [7, 11) is 1.59. The lowest BCUT2D eigenvalue weighted by Gasteiger charge is -2.21. The third-order valence-electron chi connectivity index (χ3n) is 2.50. The van der Waals surface area contributed by atoms with E-state index < -0.39 is 5.82 Å². The quantitative estimate of drug-likeness (QED) is 0.564. The molecule has 1 unspecified atom stereocenters. The van der Waals surface area contributed by atoms with Crippen LogP contribution in [-0.4, -0.2) is 30.4 Å². The molecule has 18 heavy (non-hydrogen) atoms. The molecule has 0 aliphatic rings. The average molecular weight is 252 g/mol. The summed E-state index contributed by atoms with van der Waals surface area (Å²) in [5.74, 6) is -0.596. The third kappa shape index (κ3) is 4.04. The van der Waals surface area contributed by atoms with Crippen molar-refractivity contribution in [3.05, 3.63) is 30.1 Å². The normalized spacial score (nSPS) is 11.7. The molecular formula is C12H17FN4O. The van der Waals surface area contributed by atoms with Crippen LogP contribution in [0.5, 0.6) is 0 Å². The van der Waals surface area contributed by atoms with Gasteiger partial charge < -0.3 is 16.0 Å². The molecule has 5 nitrogen and oxygen atoms in total. The Morgan fingerprint density at radius 3 is 2.83 bits per heavy atom. The summed E-state index contributed by atoms with van der Waals surface area (Å²) in [5.41, 5.74) is 5.72. The fourth-order valence-electron chi connectivity index (χ4n) is 1.38. The molecule has 4 N–H and O–H groups in total. The monoisotopic (exact) mass is 252 g/mol. The van der Waals surface area contributed by atoms with Gasteiger partial charge in [-0.05, 0) is 18.2 Å². The molecule has 0 heterocycles. The lowest BCUT2D eigenvalue weighted by Crippen LogP contribution is -2.38. The van der Waals surface area contributed by atoms with Crippen LogP contribution in [0.4, 0.5) is 14.9 Å². The van der Waals surface area contributed by atoms with Gasteiger partial charge in [0.1, 0.15) is 5.82 Å². The van der Waals surface area contributed by atoms with Gasteiger partial charge in [-0.15, -0.1) is 0 Å². The predicted octanol–water partition coefficient (Wildman–Crippen LogP) is 1.86. The van der Waals surface area contributed by atoms with Crippen molar-refractivity contribution in [3.8, 4) is 0 Å². The number of nitrogens with two attached hydrogens (primary N) is 1. The molecule has 0 aliphatic heterocycles. The molecule has 98 valence electrons. The molecule has 1 atom stereocenters. The topological polar surface area (TPSA) is 82.2 Å². The minimum Gasteiger partial charge on any atom is -0.387 e. The Balaban J connectivity index is 2.57. The number of amides is 2. The largest absolute Gasteiger partial charge is 0.387 e. The first-order chi connectivity index (χ1) is 8.40. The average Bonchev–Trinajstić information content (AvgIpc) is 2.28. The smallest absolute Gasteiger partial charge is 0.321 e. The highest BCUT2D eigenvalue weighted by Gasteiger charge is 2.14. The number of rotatable bonds is 4. The number of carbonyl (C=O) groups is 1. The number of anilines is 1. The van der Waals surface area contributed by atoms with Gasteiger partial charge in [-0.1, -0.05) is 13.0 Å². The predicted molar refractivity (Wildman–Crippen MR) is 69.1 cm³/mol. The second-order valence-electron chi connectivity index (χ2n) is 4.18. The number of nitrogens with zero attached hydrogens (tertiary/aromatic N) is 1. The number of nitrogens with one attached hydrogen (secondary N) is 2.